The molecule has 1 saturated carbocycles. The second-order valence-corrected chi connectivity index (χ2v) is 14.2. The number of alkyl halides is 1. The van der Waals surface area contributed by atoms with Gasteiger partial charge in [-0.1, -0.05) is 0 Å². The van der Waals surface area contributed by atoms with Gasteiger partial charge in [0.15, 0.2) is 28.9 Å². The van der Waals surface area contributed by atoms with Gasteiger partial charge in [-0.3, -0.25) is 18.4 Å². The van der Waals surface area contributed by atoms with Crippen LogP contribution in [0.2, 0.25) is 0 Å². The minimum absolute atomic E-state index is 0.0520. The SMILES string of the molecule is Cn1cnc2c(ncn2[C@@H]2C[C@H](OP(O)(O)=S)CC2OP(=O)(O)OC[C@@H]2C[C@@H](F)[C@H](n3cnc4c(N)ncnc43)O2)c1=O. The molecule has 1 aliphatic heterocycles. The van der Waals surface area contributed by atoms with Gasteiger partial charge in [0, 0.05) is 19.9 Å². The molecule has 232 valence electrons. The molecule has 1 saturated heterocycles. The summed E-state index contributed by atoms with van der Waals surface area (Å²) in [5.41, 5.74) is 6.16. The first-order chi connectivity index (χ1) is 20.3. The number of phosphoric acid groups is 1. The van der Waals surface area contributed by atoms with Gasteiger partial charge in [0.25, 0.3) is 5.56 Å². The molecule has 5 N–H and O–H groups in total. The number of phosphoric ester groups is 1. The average Bonchev–Trinajstić information content (AvgIpc) is 3.69. The largest absolute Gasteiger partial charge is 0.472 e. The molecule has 6 rings (SSSR count). The zero-order valence-corrected chi connectivity index (χ0v) is 24.8. The minimum atomic E-state index is -4.81. The Bertz CT molecular complexity index is 1830. The van der Waals surface area contributed by atoms with E-state index in [-0.39, 0.29) is 47.4 Å². The Hall–Kier alpha value is -2.77. The van der Waals surface area contributed by atoms with Crippen molar-refractivity contribution in [1.29, 1.82) is 0 Å². The standard InChI is InChI=1S/C21H26FN9O9P2S/c1-29-7-28-19-16(20(29)32)27-8-30(19)13-3-10(39-42(35,36)43)4-14(13)40-41(33,34)37-5-11-2-12(22)21(38-11)31-9-26-15-17(23)24-6-25-18(15)31/h6-14,21H,2-5H2,1H3,(H,33,34)(H2,23,24,25)(H2,35,36,43)/t10-,11-,12+,13+,14?,21+/m0/s1. The van der Waals surface area contributed by atoms with Crippen molar-refractivity contribution in [2.75, 3.05) is 12.3 Å². The fourth-order valence-corrected chi connectivity index (χ4v) is 7.25. The molecular weight excluding hydrogens is 635 g/mol. The zero-order chi connectivity index (χ0) is 30.7. The molecule has 4 aromatic rings. The number of imidazole rings is 2. The molecule has 2 fully saturated rings. The van der Waals surface area contributed by atoms with Crippen LogP contribution in [0.4, 0.5) is 10.2 Å². The summed E-state index contributed by atoms with van der Waals surface area (Å²) in [5.74, 6) is 0.119. The topological polar surface area (TPSA) is 237 Å². The third kappa shape index (κ3) is 6.12. The molecule has 0 spiro atoms. The number of ether oxygens (including phenoxy) is 1. The number of nitrogens with two attached hydrogens (primary N) is 1. The Kier molecular flexibility index (Phi) is 7.95. The highest BCUT2D eigenvalue weighted by atomic mass is 32.5. The number of hydrogen-bond donors (Lipinski definition) is 4. The first kappa shape index (κ1) is 30.3. The fraction of sp³-hybridized carbons (Fsp3) is 0.524. The average molecular weight is 662 g/mol. The Morgan fingerprint density at radius 2 is 1.77 bits per heavy atom. The molecule has 5 heterocycles. The molecule has 4 aromatic heterocycles. The molecule has 22 heteroatoms. The van der Waals surface area contributed by atoms with Crippen molar-refractivity contribution in [3.8, 4) is 0 Å². The van der Waals surface area contributed by atoms with Crippen LogP contribution >= 0.6 is 14.5 Å². The van der Waals surface area contributed by atoms with Crippen molar-refractivity contribution < 1.29 is 41.9 Å². The maximum absolute atomic E-state index is 15.0. The maximum Gasteiger partial charge on any atom is 0.472 e. The number of hydrogen-bond acceptors (Lipinski definition) is 13. The quantitative estimate of drug-likeness (QED) is 0.180. The monoisotopic (exact) mass is 661 g/mol. The van der Waals surface area contributed by atoms with Crippen LogP contribution in [0.3, 0.4) is 0 Å². The second-order valence-electron chi connectivity index (χ2n) is 10.1. The van der Waals surface area contributed by atoms with Crippen molar-refractivity contribution in [3.63, 3.8) is 0 Å². The Balaban J connectivity index is 1.16. The highest BCUT2D eigenvalue weighted by Gasteiger charge is 2.45. The first-order valence-corrected chi connectivity index (χ1v) is 16.9. The third-order valence-corrected chi connectivity index (χ3v) is 9.04. The van der Waals surface area contributed by atoms with Crippen LogP contribution in [-0.4, -0.2) is 84.4 Å². The number of anilines is 1. The predicted octanol–water partition coefficient (Wildman–Crippen LogP) is 0.609. The highest BCUT2D eigenvalue weighted by molar-refractivity contribution is 8.06. The molecule has 2 unspecified atom stereocenters. The van der Waals surface area contributed by atoms with Gasteiger partial charge in [-0.25, -0.2) is 33.9 Å². The summed E-state index contributed by atoms with van der Waals surface area (Å²) in [6.07, 6.45) is -0.613. The zero-order valence-electron chi connectivity index (χ0n) is 22.2. The van der Waals surface area contributed by atoms with Gasteiger partial charge >= 0.3 is 14.5 Å². The van der Waals surface area contributed by atoms with E-state index in [1.165, 1.54) is 46.1 Å². The minimum Gasteiger partial charge on any atom is -0.382 e. The van der Waals surface area contributed by atoms with Gasteiger partial charge in [0.2, 0.25) is 0 Å². The van der Waals surface area contributed by atoms with Gasteiger partial charge in [-0.05, 0) is 18.2 Å². The third-order valence-electron chi connectivity index (χ3n) is 7.20. The maximum atomic E-state index is 15.0. The lowest BCUT2D eigenvalue weighted by atomic mass is 10.2. The van der Waals surface area contributed by atoms with E-state index in [2.05, 4.69) is 36.7 Å². The molecule has 0 amide bonds. The van der Waals surface area contributed by atoms with E-state index in [1.54, 1.807) is 0 Å². The van der Waals surface area contributed by atoms with E-state index in [4.69, 9.17) is 24.0 Å². The Labute approximate surface area is 246 Å². The molecule has 7 atom stereocenters. The van der Waals surface area contributed by atoms with E-state index >= 15 is 0 Å². The van der Waals surface area contributed by atoms with Crippen molar-refractivity contribution in [2.45, 2.75) is 56.0 Å². The summed E-state index contributed by atoms with van der Waals surface area (Å²) >= 11 is 4.59. The first-order valence-electron chi connectivity index (χ1n) is 12.8. The Morgan fingerprint density at radius 1 is 1.05 bits per heavy atom. The van der Waals surface area contributed by atoms with Crippen LogP contribution in [0.15, 0.2) is 30.1 Å². The van der Waals surface area contributed by atoms with Gasteiger partial charge < -0.3 is 38.8 Å². The lowest BCUT2D eigenvalue weighted by Crippen LogP contribution is -2.23. The van der Waals surface area contributed by atoms with Crippen LogP contribution < -0.4 is 11.3 Å². The smallest absolute Gasteiger partial charge is 0.382 e. The van der Waals surface area contributed by atoms with Crippen molar-refractivity contribution in [3.05, 3.63) is 35.7 Å². The molecular formula is C21H26FN9O9P2S. The van der Waals surface area contributed by atoms with Gasteiger partial charge in [0.1, 0.15) is 18.0 Å². The number of halogens is 1. The number of rotatable bonds is 9. The van der Waals surface area contributed by atoms with Crippen LogP contribution in [0.25, 0.3) is 22.3 Å². The number of nitrogen functional groups attached to an aromatic ring is 1. The molecule has 2 aliphatic rings. The summed E-state index contributed by atoms with van der Waals surface area (Å²) in [6, 6.07) is -0.786. The van der Waals surface area contributed by atoms with E-state index in [9.17, 15) is 28.4 Å². The van der Waals surface area contributed by atoms with Crippen LogP contribution in [-0.2, 0) is 41.7 Å². The highest BCUT2D eigenvalue weighted by Crippen LogP contribution is 2.52. The van der Waals surface area contributed by atoms with Crippen LogP contribution in [0.5, 0.6) is 0 Å². The number of aromatic nitrogens is 8. The van der Waals surface area contributed by atoms with E-state index < -0.39 is 63.5 Å². The van der Waals surface area contributed by atoms with Gasteiger partial charge in [-0.2, -0.15) is 0 Å². The number of nitrogens with zero attached hydrogens (tertiary/aromatic N) is 8. The molecule has 43 heavy (non-hydrogen) atoms. The van der Waals surface area contributed by atoms with Gasteiger partial charge in [-0.15, -0.1) is 0 Å². The second kappa shape index (κ2) is 11.3. The van der Waals surface area contributed by atoms with Crippen molar-refractivity contribution >= 4 is 54.5 Å². The van der Waals surface area contributed by atoms with E-state index in [0.717, 1.165) is 0 Å². The van der Waals surface area contributed by atoms with E-state index in [1.807, 2.05) is 0 Å². The molecule has 1 aliphatic carbocycles. The number of fused-ring (bicyclic) bond motifs is 2. The lowest BCUT2D eigenvalue weighted by molar-refractivity contribution is -0.0379. The normalized spacial score (nSPS) is 27.7. The van der Waals surface area contributed by atoms with Crippen molar-refractivity contribution in [2.24, 2.45) is 7.05 Å². The molecule has 0 aromatic carbocycles. The summed E-state index contributed by atoms with van der Waals surface area (Å²) in [6.45, 7) is -4.58. The summed E-state index contributed by atoms with van der Waals surface area (Å²) < 4.78 is 53.8. The summed E-state index contributed by atoms with van der Waals surface area (Å²) in [4.78, 5) is 62.9. The fourth-order valence-electron chi connectivity index (χ4n) is 5.34. The summed E-state index contributed by atoms with van der Waals surface area (Å²) in [7, 11) is -3.30. The van der Waals surface area contributed by atoms with Crippen LogP contribution in [0, 0.1) is 0 Å². The molecule has 0 bridgehead atoms. The number of aryl methyl sites for hydroxylation is 1. The molecule has 0 radical (unpaired) electrons. The summed E-state index contributed by atoms with van der Waals surface area (Å²) in [5, 5.41) is 0. The Morgan fingerprint density at radius 3 is 2.53 bits per heavy atom. The van der Waals surface area contributed by atoms with Gasteiger partial charge in [0.05, 0.1) is 49.9 Å². The van der Waals surface area contributed by atoms with E-state index in [0.29, 0.717) is 0 Å². The molecule has 18 nitrogen and oxygen atoms in total. The lowest BCUT2D eigenvalue weighted by Gasteiger charge is -2.24. The van der Waals surface area contributed by atoms with Crippen LogP contribution in [0.1, 0.15) is 31.5 Å². The predicted molar refractivity (Wildman–Crippen MR) is 148 cm³/mol. The van der Waals surface area contributed by atoms with Crippen molar-refractivity contribution in [1.82, 2.24) is 38.6 Å².